The molecule has 0 amide bonds. The van der Waals surface area contributed by atoms with E-state index >= 15 is 0 Å². The van der Waals surface area contributed by atoms with E-state index in [1.54, 1.807) is 0 Å². The summed E-state index contributed by atoms with van der Waals surface area (Å²) in [6, 6.07) is 0.250. The van der Waals surface area contributed by atoms with Crippen LogP contribution in [-0.2, 0) is 9.47 Å². The molecule has 2 heterocycles. The molecule has 2 aliphatic rings. The molecule has 4 heteroatoms. The number of ether oxygens (including phenoxy) is 2. The third-order valence-electron chi connectivity index (χ3n) is 3.41. The molecule has 0 bridgehead atoms. The van der Waals surface area contributed by atoms with Crippen LogP contribution in [0.15, 0.2) is 0 Å². The van der Waals surface area contributed by atoms with Gasteiger partial charge in [-0.2, -0.15) is 0 Å². The SMILES string of the molecule is CC1CN(C2CCOC(C)C2O)CCO1. The molecule has 0 aromatic rings. The minimum Gasteiger partial charge on any atom is -0.389 e. The minimum absolute atomic E-state index is 0.0399. The topological polar surface area (TPSA) is 41.9 Å². The molecular weight excluding hydrogens is 194 g/mol. The predicted molar refractivity (Wildman–Crippen MR) is 56.8 cm³/mol. The molecule has 0 aliphatic carbocycles. The molecule has 4 unspecified atom stereocenters. The number of hydrogen-bond donors (Lipinski definition) is 1. The standard InChI is InChI=1S/C11H21NO3/c1-8-7-12(4-6-14-8)10-3-5-15-9(2)11(10)13/h8-11,13H,3-7H2,1-2H3. The monoisotopic (exact) mass is 215 g/mol. The molecule has 0 saturated carbocycles. The van der Waals surface area contributed by atoms with Crippen molar-refractivity contribution in [1.82, 2.24) is 4.90 Å². The first-order chi connectivity index (χ1) is 7.18. The Morgan fingerprint density at radius 1 is 1.20 bits per heavy atom. The van der Waals surface area contributed by atoms with E-state index in [4.69, 9.17) is 9.47 Å². The van der Waals surface area contributed by atoms with Crippen molar-refractivity contribution in [2.75, 3.05) is 26.3 Å². The summed E-state index contributed by atoms with van der Waals surface area (Å²) >= 11 is 0. The second-order valence-corrected chi connectivity index (χ2v) is 4.60. The summed E-state index contributed by atoms with van der Waals surface area (Å²) in [6.45, 7) is 7.42. The Kier molecular flexibility index (Phi) is 3.61. The molecule has 2 aliphatic heterocycles. The maximum Gasteiger partial charge on any atom is 0.0954 e. The fraction of sp³-hybridized carbons (Fsp3) is 1.00. The van der Waals surface area contributed by atoms with Crippen LogP contribution in [0.5, 0.6) is 0 Å². The van der Waals surface area contributed by atoms with E-state index in [0.717, 1.165) is 32.7 Å². The van der Waals surface area contributed by atoms with Crippen molar-refractivity contribution in [2.45, 2.75) is 44.6 Å². The first-order valence-corrected chi connectivity index (χ1v) is 5.84. The van der Waals surface area contributed by atoms with Gasteiger partial charge in [0.15, 0.2) is 0 Å². The van der Waals surface area contributed by atoms with Crippen molar-refractivity contribution >= 4 is 0 Å². The van der Waals surface area contributed by atoms with Gasteiger partial charge in [0, 0.05) is 25.7 Å². The Balaban J connectivity index is 1.96. The van der Waals surface area contributed by atoms with Crippen LogP contribution in [0.2, 0.25) is 0 Å². The Bertz CT molecular complexity index is 212. The molecular formula is C11H21NO3. The van der Waals surface area contributed by atoms with E-state index in [9.17, 15) is 5.11 Å². The second-order valence-electron chi connectivity index (χ2n) is 4.60. The van der Waals surface area contributed by atoms with Gasteiger partial charge >= 0.3 is 0 Å². The first-order valence-electron chi connectivity index (χ1n) is 5.84. The third-order valence-corrected chi connectivity index (χ3v) is 3.41. The van der Waals surface area contributed by atoms with E-state index in [1.807, 2.05) is 6.92 Å². The zero-order valence-corrected chi connectivity index (χ0v) is 9.56. The summed E-state index contributed by atoms with van der Waals surface area (Å²) < 4.78 is 10.9. The number of morpholine rings is 1. The van der Waals surface area contributed by atoms with Gasteiger partial charge in [0.25, 0.3) is 0 Å². The Labute approximate surface area is 91.2 Å². The highest BCUT2D eigenvalue weighted by molar-refractivity contribution is 4.88. The fourth-order valence-corrected chi connectivity index (χ4v) is 2.50. The van der Waals surface area contributed by atoms with Crippen molar-refractivity contribution in [2.24, 2.45) is 0 Å². The van der Waals surface area contributed by atoms with Crippen LogP contribution < -0.4 is 0 Å². The molecule has 0 aromatic heterocycles. The fourth-order valence-electron chi connectivity index (χ4n) is 2.50. The molecule has 4 nitrogen and oxygen atoms in total. The van der Waals surface area contributed by atoms with E-state index in [0.29, 0.717) is 0 Å². The number of aliphatic hydroxyl groups excluding tert-OH is 1. The molecule has 0 aromatic carbocycles. The second kappa shape index (κ2) is 4.78. The quantitative estimate of drug-likeness (QED) is 0.680. The van der Waals surface area contributed by atoms with E-state index in [1.165, 1.54) is 0 Å². The minimum atomic E-state index is -0.357. The van der Waals surface area contributed by atoms with Crippen LogP contribution in [0.3, 0.4) is 0 Å². The van der Waals surface area contributed by atoms with Crippen LogP contribution in [-0.4, -0.2) is 60.7 Å². The van der Waals surface area contributed by atoms with Gasteiger partial charge in [0.2, 0.25) is 0 Å². The number of nitrogens with zero attached hydrogens (tertiary/aromatic N) is 1. The Morgan fingerprint density at radius 3 is 2.73 bits per heavy atom. The van der Waals surface area contributed by atoms with Gasteiger partial charge in [-0.25, -0.2) is 0 Å². The van der Waals surface area contributed by atoms with Crippen LogP contribution in [0.1, 0.15) is 20.3 Å². The van der Waals surface area contributed by atoms with Gasteiger partial charge < -0.3 is 14.6 Å². The van der Waals surface area contributed by atoms with Gasteiger partial charge in [-0.1, -0.05) is 0 Å². The smallest absolute Gasteiger partial charge is 0.0954 e. The van der Waals surface area contributed by atoms with Crippen molar-refractivity contribution in [3.8, 4) is 0 Å². The van der Waals surface area contributed by atoms with E-state index in [2.05, 4.69) is 11.8 Å². The summed E-state index contributed by atoms with van der Waals surface area (Å²) in [7, 11) is 0. The Hall–Kier alpha value is -0.160. The number of aliphatic hydroxyl groups is 1. The summed E-state index contributed by atoms with van der Waals surface area (Å²) in [5.74, 6) is 0. The zero-order chi connectivity index (χ0) is 10.8. The van der Waals surface area contributed by atoms with Gasteiger partial charge in [0.1, 0.15) is 0 Å². The largest absolute Gasteiger partial charge is 0.389 e. The van der Waals surface area contributed by atoms with Gasteiger partial charge in [-0.05, 0) is 20.3 Å². The van der Waals surface area contributed by atoms with E-state index in [-0.39, 0.29) is 24.4 Å². The third kappa shape index (κ3) is 2.50. The van der Waals surface area contributed by atoms with Crippen LogP contribution in [0.4, 0.5) is 0 Å². The summed E-state index contributed by atoms with van der Waals surface area (Å²) in [5.41, 5.74) is 0. The molecule has 1 N–H and O–H groups in total. The first kappa shape index (κ1) is 11.3. The average Bonchev–Trinajstić information content (AvgIpc) is 2.22. The number of rotatable bonds is 1. The Morgan fingerprint density at radius 2 is 2.00 bits per heavy atom. The molecule has 88 valence electrons. The van der Waals surface area contributed by atoms with Crippen molar-refractivity contribution in [1.29, 1.82) is 0 Å². The van der Waals surface area contributed by atoms with Gasteiger partial charge in [0.05, 0.1) is 24.9 Å². The summed E-state index contributed by atoms with van der Waals surface area (Å²) in [4.78, 5) is 2.35. The van der Waals surface area contributed by atoms with Crippen molar-refractivity contribution in [3.05, 3.63) is 0 Å². The summed E-state index contributed by atoms with van der Waals surface area (Å²) in [6.07, 6.45) is 0.813. The zero-order valence-electron chi connectivity index (χ0n) is 9.56. The lowest BCUT2D eigenvalue weighted by Gasteiger charge is -2.43. The lowest BCUT2D eigenvalue weighted by Crippen LogP contribution is -2.56. The maximum absolute atomic E-state index is 10.1. The molecule has 15 heavy (non-hydrogen) atoms. The predicted octanol–water partition coefficient (Wildman–Crippen LogP) is 0.245. The van der Waals surface area contributed by atoms with Crippen LogP contribution in [0.25, 0.3) is 0 Å². The van der Waals surface area contributed by atoms with Crippen LogP contribution >= 0.6 is 0 Å². The lowest BCUT2D eigenvalue weighted by atomic mass is 9.98. The molecule has 2 saturated heterocycles. The van der Waals surface area contributed by atoms with Gasteiger partial charge in [-0.3, -0.25) is 4.90 Å². The molecule has 0 radical (unpaired) electrons. The summed E-state index contributed by atoms with van der Waals surface area (Å²) in [5, 5.41) is 10.1. The van der Waals surface area contributed by atoms with Crippen molar-refractivity contribution in [3.63, 3.8) is 0 Å². The van der Waals surface area contributed by atoms with Crippen LogP contribution in [0, 0.1) is 0 Å². The van der Waals surface area contributed by atoms with E-state index < -0.39 is 0 Å². The highest BCUT2D eigenvalue weighted by Crippen LogP contribution is 2.21. The molecule has 2 rings (SSSR count). The van der Waals surface area contributed by atoms with Gasteiger partial charge in [-0.15, -0.1) is 0 Å². The highest BCUT2D eigenvalue weighted by Gasteiger charge is 2.35. The number of hydrogen-bond acceptors (Lipinski definition) is 4. The molecule has 0 spiro atoms. The normalized spacial score (nSPS) is 44.2. The molecule has 2 fully saturated rings. The highest BCUT2D eigenvalue weighted by atomic mass is 16.5. The van der Waals surface area contributed by atoms with Crippen molar-refractivity contribution < 1.29 is 14.6 Å². The maximum atomic E-state index is 10.1. The molecule has 4 atom stereocenters. The average molecular weight is 215 g/mol. The lowest BCUT2D eigenvalue weighted by molar-refractivity contribution is -0.131.